The second-order valence-corrected chi connectivity index (χ2v) is 8.23. The fourth-order valence-corrected chi connectivity index (χ4v) is 4.72. The van der Waals surface area contributed by atoms with Crippen molar-refractivity contribution in [2.75, 3.05) is 13.1 Å². The van der Waals surface area contributed by atoms with Gasteiger partial charge in [-0.05, 0) is 30.2 Å². The summed E-state index contributed by atoms with van der Waals surface area (Å²) in [5.41, 5.74) is 6.25. The molecule has 6 nitrogen and oxygen atoms in total. The van der Waals surface area contributed by atoms with Crippen LogP contribution >= 0.6 is 0 Å². The predicted octanol–water partition coefficient (Wildman–Crippen LogP) is 0.895. The molecule has 0 unspecified atom stereocenters. The molecule has 1 aromatic carbocycles. The van der Waals surface area contributed by atoms with Crippen LogP contribution in [0.15, 0.2) is 30.3 Å². The summed E-state index contributed by atoms with van der Waals surface area (Å²) in [6.45, 7) is 5.01. The van der Waals surface area contributed by atoms with Crippen LogP contribution in [0.25, 0.3) is 0 Å². The molecular formula is C16H25N3O3S. The summed E-state index contributed by atoms with van der Waals surface area (Å²) in [5.74, 6) is -0.0662. The molecule has 1 aliphatic rings. The van der Waals surface area contributed by atoms with E-state index in [0.29, 0.717) is 24.9 Å². The van der Waals surface area contributed by atoms with Crippen LogP contribution in [0, 0.1) is 11.8 Å². The molecule has 7 heteroatoms. The first-order valence-electron chi connectivity index (χ1n) is 7.88. The van der Waals surface area contributed by atoms with E-state index in [4.69, 9.17) is 5.73 Å². The average molecular weight is 339 g/mol. The van der Waals surface area contributed by atoms with Gasteiger partial charge < -0.3 is 5.73 Å². The molecule has 0 spiro atoms. The Kier molecular flexibility index (Phi) is 5.78. The number of rotatable bonds is 6. The van der Waals surface area contributed by atoms with Crippen molar-refractivity contribution in [2.24, 2.45) is 17.6 Å². The van der Waals surface area contributed by atoms with Crippen LogP contribution in [0.1, 0.15) is 25.8 Å². The molecule has 0 radical (unpaired) electrons. The highest BCUT2D eigenvalue weighted by atomic mass is 32.2. The number of nitrogens with two attached hydrogens (primary N) is 1. The van der Waals surface area contributed by atoms with Crippen molar-refractivity contribution in [2.45, 2.75) is 32.7 Å². The van der Waals surface area contributed by atoms with E-state index in [-0.39, 0.29) is 6.42 Å². The van der Waals surface area contributed by atoms with Gasteiger partial charge in [0.15, 0.2) is 0 Å². The molecule has 0 aromatic heterocycles. The van der Waals surface area contributed by atoms with Crippen LogP contribution in [-0.4, -0.2) is 37.8 Å². The Morgan fingerprint density at radius 2 is 1.83 bits per heavy atom. The van der Waals surface area contributed by atoms with E-state index in [1.165, 1.54) is 4.31 Å². The number of hydrogen-bond acceptors (Lipinski definition) is 3. The lowest BCUT2D eigenvalue weighted by Crippen LogP contribution is -2.54. The first-order valence-corrected chi connectivity index (χ1v) is 9.32. The van der Waals surface area contributed by atoms with Crippen LogP contribution in [0.3, 0.4) is 0 Å². The highest BCUT2D eigenvalue weighted by Crippen LogP contribution is 2.22. The molecule has 128 valence electrons. The zero-order chi connectivity index (χ0) is 17.0. The molecule has 23 heavy (non-hydrogen) atoms. The number of carbonyl (C=O) groups excluding carboxylic acids is 1. The summed E-state index contributed by atoms with van der Waals surface area (Å²) in [4.78, 5) is 11.7. The van der Waals surface area contributed by atoms with Crippen molar-refractivity contribution in [1.29, 1.82) is 0 Å². The van der Waals surface area contributed by atoms with E-state index in [1.807, 2.05) is 44.2 Å². The Bertz CT molecular complexity index is 623. The SMILES string of the molecule is C[C@@H]1C[C@H](C)CN(S(=O)(=O)N[C@@H](Cc2ccccc2)C(N)=O)C1. The molecule has 1 amide bonds. The second kappa shape index (κ2) is 7.42. The van der Waals surface area contributed by atoms with Crippen molar-refractivity contribution < 1.29 is 13.2 Å². The van der Waals surface area contributed by atoms with Gasteiger partial charge in [-0.1, -0.05) is 44.2 Å². The molecule has 1 fully saturated rings. The molecule has 0 aliphatic carbocycles. The van der Waals surface area contributed by atoms with Crippen molar-refractivity contribution in [3.8, 4) is 0 Å². The highest BCUT2D eigenvalue weighted by molar-refractivity contribution is 7.87. The Morgan fingerprint density at radius 3 is 2.35 bits per heavy atom. The standard InChI is InChI=1S/C16H25N3O3S/c1-12-8-13(2)11-19(10-12)23(21,22)18-15(16(17)20)9-14-6-4-3-5-7-14/h3-7,12-13,15,18H,8-11H2,1-2H3,(H2,17,20)/t12-,13+,15-/m0/s1. The number of amides is 1. The maximum atomic E-state index is 12.6. The first-order chi connectivity index (χ1) is 10.8. The average Bonchev–Trinajstić information content (AvgIpc) is 2.46. The van der Waals surface area contributed by atoms with Gasteiger partial charge in [-0.2, -0.15) is 17.4 Å². The number of nitrogens with zero attached hydrogens (tertiary/aromatic N) is 1. The Labute approximate surface area is 138 Å². The smallest absolute Gasteiger partial charge is 0.280 e. The lowest BCUT2D eigenvalue weighted by Gasteiger charge is -2.34. The minimum absolute atomic E-state index is 0.244. The minimum atomic E-state index is -3.73. The first kappa shape index (κ1) is 17.9. The summed E-state index contributed by atoms with van der Waals surface area (Å²) in [6, 6.07) is 8.29. The van der Waals surface area contributed by atoms with Gasteiger partial charge >= 0.3 is 0 Å². The van der Waals surface area contributed by atoms with Crippen LogP contribution in [0.2, 0.25) is 0 Å². The number of benzene rings is 1. The third-order valence-electron chi connectivity index (χ3n) is 4.09. The van der Waals surface area contributed by atoms with Crippen molar-refractivity contribution in [3.63, 3.8) is 0 Å². The number of nitrogens with one attached hydrogen (secondary N) is 1. The molecule has 1 heterocycles. The lowest BCUT2D eigenvalue weighted by molar-refractivity contribution is -0.119. The minimum Gasteiger partial charge on any atom is -0.368 e. The van der Waals surface area contributed by atoms with Crippen LogP contribution < -0.4 is 10.5 Å². The van der Waals surface area contributed by atoms with E-state index in [0.717, 1.165) is 12.0 Å². The van der Waals surface area contributed by atoms with Gasteiger partial charge in [0.25, 0.3) is 10.2 Å². The van der Waals surface area contributed by atoms with E-state index in [9.17, 15) is 13.2 Å². The molecule has 1 saturated heterocycles. The van der Waals surface area contributed by atoms with Crippen LogP contribution in [0.5, 0.6) is 0 Å². The van der Waals surface area contributed by atoms with Crippen LogP contribution in [0.4, 0.5) is 0 Å². The van der Waals surface area contributed by atoms with Gasteiger partial charge in [-0.25, -0.2) is 0 Å². The number of primary amides is 1. The maximum Gasteiger partial charge on any atom is 0.280 e. The normalized spacial score (nSPS) is 24.3. The van der Waals surface area contributed by atoms with Gasteiger partial charge in [0, 0.05) is 13.1 Å². The number of carbonyl (C=O) groups is 1. The summed E-state index contributed by atoms with van der Waals surface area (Å²) < 4.78 is 29.1. The van der Waals surface area contributed by atoms with Gasteiger partial charge in [0.05, 0.1) is 0 Å². The fraction of sp³-hybridized carbons (Fsp3) is 0.562. The van der Waals surface area contributed by atoms with Gasteiger partial charge in [-0.15, -0.1) is 0 Å². The van der Waals surface area contributed by atoms with Gasteiger partial charge in [0.2, 0.25) is 5.91 Å². The Morgan fingerprint density at radius 1 is 1.26 bits per heavy atom. The molecule has 0 saturated carbocycles. The van der Waals surface area contributed by atoms with Crippen LogP contribution in [-0.2, 0) is 21.4 Å². The van der Waals surface area contributed by atoms with Gasteiger partial charge in [-0.3, -0.25) is 4.79 Å². The molecule has 1 aliphatic heterocycles. The second-order valence-electron chi connectivity index (χ2n) is 6.53. The summed E-state index contributed by atoms with van der Waals surface area (Å²) in [5, 5.41) is 0. The quantitative estimate of drug-likeness (QED) is 0.806. The summed E-state index contributed by atoms with van der Waals surface area (Å²) in [6.07, 6.45) is 1.25. The number of piperidine rings is 1. The maximum absolute atomic E-state index is 12.6. The van der Waals surface area contributed by atoms with Crippen molar-refractivity contribution in [3.05, 3.63) is 35.9 Å². The summed E-state index contributed by atoms with van der Waals surface area (Å²) >= 11 is 0. The largest absolute Gasteiger partial charge is 0.368 e. The predicted molar refractivity (Wildman–Crippen MR) is 89.7 cm³/mol. The molecule has 2 rings (SSSR count). The zero-order valence-electron chi connectivity index (χ0n) is 13.6. The topological polar surface area (TPSA) is 92.5 Å². The van der Waals surface area contributed by atoms with E-state index < -0.39 is 22.2 Å². The van der Waals surface area contributed by atoms with Crippen molar-refractivity contribution in [1.82, 2.24) is 9.03 Å². The third kappa shape index (κ3) is 5.02. The number of hydrogen-bond donors (Lipinski definition) is 2. The van der Waals surface area contributed by atoms with Crippen molar-refractivity contribution >= 4 is 16.1 Å². The Hall–Kier alpha value is -1.44. The molecule has 1 aromatic rings. The third-order valence-corrected chi connectivity index (χ3v) is 5.65. The summed E-state index contributed by atoms with van der Waals surface area (Å²) in [7, 11) is -3.73. The van der Waals surface area contributed by atoms with E-state index >= 15 is 0 Å². The fourth-order valence-electron chi connectivity index (χ4n) is 3.11. The van der Waals surface area contributed by atoms with E-state index in [2.05, 4.69) is 4.72 Å². The monoisotopic (exact) mass is 339 g/mol. The highest BCUT2D eigenvalue weighted by Gasteiger charge is 2.33. The molecular weight excluding hydrogens is 314 g/mol. The Balaban J connectivity index is 2.10. The zero-order valence-corrected chi connectivity index (χ0v) is 14.4. The lowest BCUT2D eigenvalue weighted by atomic mass is 9.94. The molecule has 3 atom stereocenters. The van der Waals surface area contributed by atoms with Gasteiger partial charge in [0.1, 0.15) is 6.04 Å². The van der Waals surface area contributed by atoms with E-state index in [1.54, 1.807) is 0 Å². The molecule has 3 N–H and O–H groups in total. The molecule has 0 bridgehead atoms.